The van der Waals surface area contributed by atoms with E-state index in [0.29, 0.717) is 28.0 Å². The van der Waals surface area contributed by atoms with Gasteiger partial charge in [0.05, 0.1) is 17.3 Å². The van der Waals surface area contributed by atoms with Crippen LogP contribution in [0.15, 0.2) is 32.2 Å². The lowest BCUT2D eigenvalue weighted by Crippen LogP contribution is -2.03. The Morgan fingerprint density at radius 3 is 2.83 bits per heavy atom. The van der Waals surface area contributed by atoms with Crippen LogP contribution in [0.25, 0.3) is 0 Å². The zero-order chi connectivity index (χ0) is 17.7. The van der Waals surface area contributed by atoms with Crippen molar-refractivity contribution in [3.8, 4) is 11.8 Å². The highest BCUT2D eigenvalue weighted by Gasteiger charge is 2.11. The van der Waals surface area contributed by atoms with Crippen molar-refractivity contribution in [3.05, 3.63) is 49.5 Å². The number of methoxy groups -OCH3 is 1. The maximum atomic E-state index is 10.0. The van der Waals surface area contributed by atoms with Gasteiger partial charge in [0.2, 0.25) is 0 Å². The molecule has 0 atom stereocenters. The third kappa shape index (κ3) is 4.32. The van der Waals surface area contributed by atoms with Gasteiger partial charge in [0.15, 0.2) is 5.82 Å². The first-order chi connectivity index (χ1) is 11.5. The van der Waals surface area contributed by atoms with Gasteiger partial charge in [-0.25, -0.2) is 4.98 Å². The maximum absolute atomic E-state index is 10.0. The fraction of sp³-hybridized carbons (Fsp3) is 0.188. The molecule has 0 bridgehead atoms. The molecule has 0 fully saturated rings. The van der Waals surface area contributed by atoms with E-state index in [1.54, 1.807) is 25.3 Å². The molecule has 0 aliphatic heterocycles. The summed E-state index contributed by atoms with van der Waals surface area (Å²) in [7, 11) is 1.57. The summed E-state index contributed by atoms with van der Waals surface area (Å²) in [5, 5.41) is 23.4. The molecule has 1 aromatic carbocycles. The number of aryl methyl sites for hydroxylation is 1. The summed E-state index contributed by atoms with van der Waals surface area (Å²) in [5.74, 6) is 0.413. The first-order valence-electron chi connectivity index (χ1n) is 6.83. The molecule has 0 saturated carbocycles. The SMILES string of the molecule is COCc1cc(C)nc(N/N=C\c2cc(Br)cc(Br)c2O)c1C#N. The normalized spacial score (nSPS) is 10.8. The van der Waals surface area contributed by atoms with Gasteiger partial charge in [0, 0.05) is 28.4 Å². The second-order valence-corrected chi connectivity index (χ2v) is 6.66. The van der Waals surface area contributed by atoms with Gasteiger partial charge in [-0.15, -0.1) is 0 Å². The fourth-order valence-corrected chi connectivity index (χ4v) is 3.32. The van der Waals surface area contributed by atoms with Crippen LogP contribution >= 0.6 is 31.9 Å². The number of hydrogen-bond donors (Lipinski definition) is 2. The summed E-state index contributed by atoms with van der Waals surface area (Å²) in [4.78, 5) is 4.29. The van der Waals surface area contributed by atoms with Gasteiger partial charge in [-0.1, -0.05) is 15.9 Å². The number of aromatic hydroxyl groups is 1. The molecule has 1 heterocycles. The van der Waals surface area contributed by atoms with Crippen LogP contribution in [0.1, 0.15) is 22.4 Å². The molecular formula is C16H14Br2N4O2. The molecule has 0 aliphatic carbocycles. The first kappa shape index (κ1) is 18.4. The van der Waals surface area contributed by atoms with Crippen LogP contribution in [0.5, 0.6) is 5.75 Å². The number of halogens is 2. The highest BCUT2D eigenvalue weighted by Crippen LogP contribution is 2.30. The van der Waals surface area contributed by atoms with Crippen LogP contribution in [0, 0.1) is 18.3 Å². The van der Waals surface area contributed by atoms with E-state index in [-0.39, 0.29) is 5.75 Å². The van der Waals surface area contributed by atoms with Crippen molar-refractivity contribution in [1.29, 1.82) is 5.26 Å². The summed E-state index contributed by atoms with van der Waals surface area (Å²) in [6.45, 7) is 2.14. The molecule has 2 aromatic rings. The monoisotopic (exact) mass is 452 g/mol. The van der Waals surface area contributed by atoms with Gasteiger partial charge in [0.25, 0.3) is 0 Å². The quantitative estimate of drug-likeness (QED) is 0.525. The number of nitrogens with one attached hydrogen (secondary N) is 1. The van der Waals surface area contributed by atoms with E-state index in [0.717, 1.165) is 15.7 Å². The van der Waals surface area contributed by atoms with Crippen molar-refractivity contribution in [2.45, 2.75) is 13.5 Å². The number of phenols is 1. The lowest BCUT2D eigenvalue weighted by molar-refractivity contribution is 0.184. The molecule has 0 radical (unpaired) electrons. The van der Waals surface area contributed by atoms with Gasteiger partial charge in [0.1, 0.15) is 17.4 Å². The number of aromatic nitrogens is 1. The lowest BCUT2D eigenvalue weighted by Gasteiger charge is -2.09. The van der Waals surface area contributed by atoms with Crippen molar-refractivity contribution < 1.29 is 9.84 Å². The van der Waals surface area contributed by atoms with Gasteiger partial charge in [-0.2, -0.15) is 10.4 Å². The second kappa shape index (κ2) is 8.24. The van der Waals surface area contributed by atoms with E-state index < -0.39 is 0 Å². The molecule has 0 unspecified atom stereocenters. The Morgan fingerprint density at radius 1 is 1.42 bits per heavy atom. The standard InChI is InChI=1S/C16H14Br2N4O2/c1-9-3-11(8-24-2)13(6-19)16(21-9)22-20-7-10-4-12(17)5-14(18)15(10)23/h3-5,7,23H,8H2,1-2H3,(H,21,22)/b20-7-. The molecule has 0 saturated heterocycles. The predicted molar refractivity (Wildman–Crippen MR) is 99.1 cm³/mol. The Bertz CT molecular complexity index is 832. The highest BCUT2D eigenvalue weighted by molar-refractivity contribution is 9.11. The zero-order valence-corrected chi connectivity index (χ0v) is 16.1. The molecule has 2 N–H and O–H groups in total. The maximum Gasteiger partial charge on any atom is 0.164 e. The molecule has 1 aromatic heterocycles. The largest absolute Gasteiger partial charge is 0.506 e. The highest BCUT2D eigenvalue weighted by atomic mass is 79.9. The summed E-state index contributed by atoms with van der Waals surface area (Å²) in [5.41, 5.74) is 5.11. The number of ether oxygens (including phenoxy) is 1. The van der Waals surface area contributed by atoms with E-state index in [1.165, 1.54) is 6.21 Å². The summed E-state index contributed by atoms with van der Waals surface area (Å²) in [6.07, 6.45) is 1.45. The zero-order valence-electron chi connectivity index (χ0n) is 13.0. The number of hydrazone groups is 1. The third-order valence-corrected chi connectivity index (χ3v) is 4.13. The summed E-state index contributed by atoms with van der Waals surface area (Å²) < 4.78 is 6.45. The Balaban J connectivity index is 2.31. The van der Waals surface area contributed by atoms with Crippen LogP contribution in [0.3, 0.4) is 0 Å². The third-order valence-electron chi connectivity index (χ3n) is 3.07. The lowest BCUT2D eigenvalue weighted by atomic mass is 10.1. The average Bonchev–Trinajstić information content (AvgIpc) is 2.52. The summed E-state index contributed by atoms with van der Waals surface area (Å²) >= 11 is 6.61. The summed E-state index contributed by atoms with van der Waals surface area (Å²) in [6, 6.07) is 7.36. The van der Waals surface area contributed by atoms with Crippen LogP contribution < -0.4 is 5.43 Å². The van der Waals surface area contributed by atoms with Gasteiger partial charge in [-0.3, -0.25) is 5.43 Å². The second-order valence-electron chi connectivity index (χ2n) is 4.89. The Kier molecular flexibility index (Phi) is 6.31. The van der Waals surface area contributed by atoms with Crippen LogP contribution in [0.4, 0.5) is 5.82 Å². The van der Waals surface area contributed by atoms with E-state index >= 15 is 0 Å². The average molecular weight is 454 g/mol. The Hall–Kier alpha value is -1.95. The van der Waals surface area contributed by atoms with Crippen molar-refractivity contribution in [3.63, 3.8) is 0 Å². The smallest absolute Gasteiger partial charge is 0.164 e. The van der Waals surface area contributed by atoms with Gasteiger partial charge >= 0.3 is 0 Å². The number of hydrogen-bond acceptors (Lipinski definition) is 6. The Labute approximate surface area is 156 Å². The van der Waals surface area contributed by atoms with Crippen LogP contribution in [-0.2, 0) is 11.3 Å². The van der Waals surface area contributed by atoms with Crippen molar-refractivity contribution in [2.24, 2.45) is 5.10 Å². The molecule has 6 nitrogen and oxygen atoms in total. The predicted octanol–water partition coefficient (Wildman–Crippen LogP) is 4.08. The number of rotatable bonds is 5. The minimum absolute atomic E-state index is 0.0709. The van der Waals surface area contributed by atoms with Crippen molar-refractivity contribution >= 4 is 43.9 Å². The number of nitriles is 1. The molecule has 0 aliphatic rings. The van der Waals surface area contributed by atoms with E-state index in [1.807, 2.05) is 6.92 Å². The molecule has 2 rings (SSSR count). The topological polar surface area (TPSA) is 90.5 Å². The number of phenolic OH excluding ortho intramolecular Hbond substituents is 1. The van der Waals surface area contributed by atoms with Crippen LogP contribution in [0.2, 0.25) is 0 Å². The van der Waals surface area contributed by atoms with Gasteiger partial charge in [-0.05, 0) is 41.1 Å². The Morgan fingerprint density at radius 2 is 2.17 bits per heavy atom. The molecule has 24 heavy (non-hydrogen) atoms. The molecular weight excluding hydrogens is 440 g/mol. The number of pyridine rings is 1. The van der Waals surface area contributed by atoms with E-state index in [9.17, 15) is 10.4 Å². The van der Waals surface area contributed by atoms with E-state index in [4.69, 9.17) is 4.74 Å². The number of benzene rings is 1. The van der Waals surface area contributed by atoms with Crippen molar-refractivity contribution in [2.75, 3.05) is 12.5 Å². The van der Waals surface area contributed by atoms with Gasteiger partial charge < -0.3 is 9.84 Å². The fourth-order valence-electron chi connectivity index (χ4n) is 2.06. The molecule has 0 spiro atoms. The van der Waals surface area contributed by atoms with E-state index in [2.05, 4.69) is 53.4 Å². The van der Waals surface area contributed by atoms with Crippen molar-refractivity contribution in [1.82, 2.24) is 4.98 Å². The minimum atomic E-state index is 0.0709. The first-order valence-corrected chi connectivity index (χ1v) is 8.41. The number of anilines is 1. The van der Waals surface area contributed by atoms with Crippen LogP contribution in [-0.4, -0.2) is 23.4 Å². The molecule has 8 heteroatoms. The molecule has 0 amide bonds. The number of nitrogens with zero attached hydrogens (tertiary/aromatic N) is 3. The minimum Gasteiger partial charge on any atom is -0.506 e. The molecule has 124 valence electrons.